The van der Waals surface area contributed by atoms with Gasteiger partial charge >= 0.3 is 5.97 Å². The molecule has 0 amide bonds. The minimum atomic E-state index is -0.489. The standard InChI is InChI=1S/C10H15N3O2/c1-10(2,3)15-9(14)6-8-12-5-4-7(11)13-8/h4-5H,6H2,1-3H3,(H2,11,12,13). The Hall–Kier alpha value is -1.65. The van der Waals surface area contributed by atoms with Crippen LogP contribution in [-0.2, 0) is 16.0 Å². The van der Waals surface area contributed by atoms with E-state index in [9.17, 15) is 4.79 Å². The molecular formula is C10H15N3O2. The number of nitrogens with zero attached hydrogens (tertiary/aromatic N) is 2. The number of rotatable bonds is 2. The summed E-state index contributed by atoms with van der Waals surface area (Å²) in [6, 6.07) is 1.57. The first-order valence-electron chi connectivity index (χ1n) is 4.66. The number of carbonyl (C=O) groups is 1. The van der Waals surface area contributed by atoms with Crippen molar-refractivity contribution in [1.29, 1.82) is 0 Å². The van der Waals surface area contributed by atoms with Gasteiger partial charge in [-0.15, -0.1) is 0 Å². The molecule has 1 rings (SSSR count). The second-order valence-corrected chi connectivity index (χ2v) is 4.16. The minimum Gasteiger partial charge on any atom is -0.460 e. The van der Waals surface area contributed by atoms with Gasteiger partial charge in [-0.05, 0) is 26.8 Å². The first kappa shape index (κ1) is 11.4. The van der Waals surface area contributed by atoms with Gasteiger partial charge in [-0.1, -0.05) is 0 Å². The van der Waals surface area contributed by atoms with Crippen LogP contribution in [0.5, 0.6) is 0 Å². The normalized spacial score (nSPS) is 11.1. The molecule has 5 heteroatoms. The van der Waals surface area contributed by atoms with Crippen LogP contribution in [0.25, 0.3) is 0 Å². The maximum Gasteiger partial charge on any atom is 0.314 e. The number of carbonyl (C=O) groups excluding carboxylic acids is 1. The lowest BCUT2D eigenvalue weighted by molar-refractivity contribution is -0.154. The first-order valence-corrected chi connectivity index (χ1v) is 4.66. The fourth-order valence-corrected chi connectivity index (χ4v) is 1.01. The Morgan fingerprint density at radius 1 is 1.53 bits per heavy atom. The predicted molar refractivity (Wildman–Crippen MR) is 56.0 cm³/mol. The van der Waals surface area contributed by atoms with E-state index in [1.54, 1.807) is 6.07 Å². The van der Waals surface area contributed by atoms with E-state index < -0.39 is 5.60 Å². The highest BCUT2D eigenvalue weighted by Crippen LogP contribution is 2.08. The maximum atomic E-state index is 11.4. The molecule has 0 atom stereocenters. The van der Waals surface area contributed by atoms with Gasteiger partial charge in [0.2, 0.25) is 0 Å². The molecule has 0 aromatic carbocycles. The number of aromatic nitrogens is 2. The van der Waals surface area contributed by atoms with Crippen LogP contribution in [0.15, 0.2) is 12.3 Å². The molecule has 1 aromatic rings. The Balaban J connectivity index is 2.59. The summed E-state index contributed by atoms with van der Waals surface area (Å²) in [4.78, 5) is 19.2. The summed E-state index contributed by atoms with van der Waals surface area (Å²) in [5.41, 5.74) is 4.97. The Kier molecular flexibility index (Phi) is 3.24. The van der Waals surface area contributed by atoms with Gasteiger partial charge in [0.1, 0.15) is 23.7 Å². The lowest BCUT2D eigenvalue weighted by atomic mass is 10.2. The lowest BCUT2D eigenvalue weighted by Gasteiger charge is -2.19. The molecule has 82 valence electrons. The average Bonchev–Trinajstić information content (AvgIpc) is 1.99. The third kappa shape index (κ3) is 4.39. The predicted octanol–water partition coefficient (Wildman–Crippen LogP) is 0.943. The van der Waals surface area contributed by atoms with Crippen molar-refractivity contribution in [3.63, 3.8) is 0 Å². The summed E-state index contributed by atoms with van der Waals surface area (Å²) in [6.45, 7) is 5.43. The smallest absolute Gasteiger partial charge is 0.314 e. The van der Waals surface area contributed by atoms with Crippen molar-refractivity contribution < 1.29 is 9.53 Å². The Morgan fingerprint density at radius 3 is 2.73 bits per heavy atom. The van der Waals surface area contributed by atoms with Crippen molar-refractivity contribution in [2.24, 2.45) is 0 Å². The van der Waals surface area contributed by atoms with E-state index in [2.05, 4.69) is 9.97 Å². The van der Waals surface area contributed by atoms with Crippen LogP contribution in [0.4, 0.5) is 5.82 Å². The van der Waals surface area contributed by atoms with Crippen LogP contribution < -0.4 is 5.73 Å². The molecule has 0 saturated carbocycles. The molecule has 0 radical (unpaired) electrons. The summed E-state index contributed by atoms with van der Waals surface area (Å²) >= 11 is 0. The molecule has 0 unspecified atom stereocenters. The zero-order valence-electron chi connectivity index (χ0n) is 9.15. The largest absolute Gasteiger partial charge is 0.460 e. The topological polar surface area (TPSA) is 78.1 Å². The third-order valence-electron chi connectivity index (χ3n) is 1.45. The van der Waals surface area contributed by atoms with Gasteiger partial charge in [-0.2, -0.15) is 0 Å². The molecule has 0 aliphatic rings. The molecule has 2 N–H and O–H groups in total. The zero-order valence-corrected chi connectivity index (χ0v) is 9.15. The molecule has 0 aliphatic heterocycles. The van der Waals surface area contributed by atoms with E-state index in [1.165, 1.54) is 6.20 Å². The van der Waals surface area contributed by atoms with Crippen molar-refractivity contribution >= 4 is 11.8 Å². The van der Waals surface area contributed by atoms with E-state index >= 15 is 0 Å². The van der Waals surface area contributed by atoms with Crippen LogP contribution in [0.3, 0.4) is 0 Å². The van der Waals surface area contributed by atoms with E-state index in [4.69, 9.17) is 10.5 Å². The molecule has 0 saturated heterocycles. The molecule has 1 aromatic heterocycles. The van der Waals surface area contributed by atoms with Crippen molar-refractivity contribution in [2.45, 2.75) is 32.8 Å². The van der Waals surface area contributed by atoms with Crippen LogP contribution in [0.2, 0.25) is 0 Å². The number of esters is 1. The van der Waals surface area contributed by atoms with E-state index in [0.717, 1.165) is 0 Å². The number of nitrogens with two attached hydrogens (primary N) is 1. The van der Waals surface area contributed by atoms with Crippen molar-refractivity contribution in [2.75, 3.05) is 5.73 Å². The Labute approximate surface area is 88.7 Å². The van der Waals surface area contributed by atoms with Gasteiger partial charge in [0.25, 0.3) is 0 Å². The average molecular weight is 209 g/mol. The van der Waals surface area contributed by atoms with Gasteiger partial charge in [-0.3, -0.25) is 4.79 Å². The van der Waals surface area contributed by atoms with Crippen LogP contribution >= 0.6 is 0 Å². The summed E-state index contributed by atoms with van der Waals surface area (Å²) in [6.07, 6.45) is 1.56. The summed E-state index contributed by atoms with van der Waals surface area (Å²) < 4.78 is 5.12. The second kappa shape index (κ2) is 4.25. The van der Waals surface area contributed by atoms with E-state index in [1.807, 2.05) is 20.8 Å². The van der Waals surface area contributed by atoms with Crippen LogP contribution in [-0.4, -0.2) is 21.5 Å². The maximum absolute atomic E-state index is 11.4. The number of nitrogen functional groups attached to an aromatic ring is 1. The number of anilines is 1. The fraction of sp³-hybridized carbons (Fsp3) is 0.500. The van der Waals surface area contributed by atoms with Crippen molar-refractivity contribution in [1.82, 2.24) is 9.97 Å². The first-order chi connectivity index (χ1) is 6.87. The van der Waals surface area contributed by atoms with Crippen molar-refractivity contribution in [3.8, 4) is 0 Å². The van der Waals surface area contributed by atoms with Gasteiger partial charge in [0, 0.05) is 6.20 Å². The number of hydrogen-bond donors (Lipinski definition) is 1. The molecule has 1 heterocycles. The van der Waals surface area contributed by atoms with E-state index in [0.29, 0.717) is 11.6 Å². The lowest BCUT2D eigenvalue weighted by Crippen LogP contribution is -2.25. The van der Waals surface area contributed by atoms with Crippen LogP contribution in [0, 0.1) is 0 Å². The third-order valence-corrected chi connectivity index (χ3v) is 1.45. The van der Waals surface area contributed by atoms with Crippen molar-refractivity contribution in [3.05, 3.63) is 18.1 Å². The highest BCUT2D eigenvalue weighted by atomic mass is 16.6. The molecular weight excluding hydrogens is 194 g/mol. The summed E-state index contributed by atoms with van der Waals surface area (Å²) in [5.74, 6) is 0.376. The van der Waals surface area contributed by atoms with Gasteiger partial charge in [0.05, 0.1) is 0 Å². The van der Waals surface area contributed by atoms with Crippen LogP contribution in [0.1, 0.15) is 26.6 Å². The Morgan fingerprint density at radius 2 is 2.20 bits per heavy atom. The molecule has 0 spiro atoms. The molecule has 5 nitrogen and oxygen atoms in total. The van der Waals surface area contributed by atoms with Gasteiger partial charge in [-0.25, -0.2) is 9.97 Å². The van der Waals surface area contributed by atoms with E-state index in [-0.39, 0.29) is 12.4 Å². The Bertz CT molecular complexity index is 358. The highest BCUT2D eigenvalue weighted by Gasteiger charge is 2.17. The quantitative estimate of drug-likeness (QED) is 0.733. The fourth-order valence-electron chi connectivity index (χ4n) is 1.01. The summed E-state index contributed by atoms with van der Waals surface area (Å²) in [7, 11) is 0. The number of hydrogen-bond acceptors (Lipinski definition) is 5. The number of ether oxygens (including phenoxy) is 1. The monoisotopic (exact) mass is 209 g/mol. The molecule has 0 bridgehead atoms. The highest BCUT2D eigenvalue weighted by molar-refractivity contribution is 5.72. The molecule has 15 heavy (non-hydrogen) atoms. The molecule has 0 fully saturated rings. The van der Waals surface area contributed by atoms with Gasteiger partial charge in [0.15, 0.2) is 0 Å². The SMILES string of the molecule is CC(C)(C)OC(=O)Cc1nccc(N)n1. The van der Waals surface area contributed by atoms with Gasteiger partial charge < -0.3 is 10.5 Å². The zero-order chi connectivity index (χ0) is 11.5. The minimum absolute atomic E-state index is 0.0440. The summed E-state index contributed by atoms with van der Waals surface area (Å²) in [5, 5.41) is 0. The second-order valence-electron chi connectivity index (χ2n) is 4.16. The molecule has 0 aliphatic carbocycles.